The second kappa shape index (κ2) is 9.29. The van der Waals surface area contributed by atoms with Crippen molar-refractivity contribution in [2.45, 2.75) is 33.0 Å². The molecule has 0 saturated carbocycles. The largest absolute Gasteiger partial charge is 0.482 e. The van der Waals surface area contributed by atoms with Crippen molar-refractivity contribution in [1.82, 2.24) is 9.88 Å². The third-order valence-electron chi connectivity index (χ3n) is 6.26. The minimum Gasteiger partial charge on any atom is -0.482 e. The van der Waals surface area contributed by atoms with Crippen LogP contribution in [0, 0.1) is 13.8 Å². The monoisotopic (exact) mass is 467 g/mol. The highest BCUT2D eigenvalue weighted by Gasteiger charge is 2.38. The van der Waals surface area contributed by atoms with Gasteiger partial charge in [-0.25, -0.2) is 4.98 Å². The first-order valence-corrected chi connectivity index (χ1v) is 12.2. The molecule has 1 fully saturated rings. The molecule has 33 heavy (non-hydrogen) atoms. The zero-order valence-corrected chi connectivity index (χ0v) is 20.1. The second-order valence-corrected chi connectivity index (χ2v) is 9.60. The molecule has 7 nitrogen and oxygen atoms in total. The fraction of sp³-hybridized carbons (Fsp3) is 0.440. The topological polar surface area (TPSA) is 64.1 Å². The number of carbonyl (C=O) groups excluding carboxylic acids is 1. The van der Waals surface area contributed by atoms with Crippen molar-refractivity contribution in [3.8, 4) is 11.5 Å². The third kappa shape index (κ3) is 4.43. The minimum absolute atomic E-state index is 0.125. The van der Waals surface area contributed by atoms with Gasteiger partial charge in [-0.05, 0) is 44.0 Å². The molecule has 0 bridgehead atoms. The van der Waals surface area contributed by atoms with Crippen LogP contribution in [0.1, 0.15) is 18.1 Å². The lowest BCUT2D eigenvalue weighted by molar-refractivity contribution is -0.130. The highest BCUT2D eigenvalue weighted by Crippen LogP contribution is 2.36. The van der Waals surface area contributed by atoms with Crippen molar-refractivity contribution in [2.24, 2.45) is 0 Å². The van der Waals surface area contributed by atoms with E-state index in [0.29, 0.717) is 23.2 Å². The molecule has 2 aliphatic rings. The van der Waals surface area contributed by atoms with Gasteiger partial charge in [-0.1, -0.05) is 35.6 Å². The lowest BCUT2D eigenvalue weighted by Gasteiger charge is -2.35. The molecule has 0 spiro atoms. The molecule has 2 atom stereocenters. The van der Waals surface area contributed by atoms with E-state index in [1.807, 2.05) is 31.2 Å². The minimum atomic E-state index is -0.737. The lowest BCUT2D eigenvalue weighted by Crippen LogP contribution is -2.52. The molecule has 0 N–H and O–H groups in total. The van der Waals surface area contributed by atoms with Crippen molar-refractivity contribution in [3.05, 3.63) is 47.5 Å². The highest BCUT2D eigenvalue weighted by atomic mass is 32.1. The van der Waals surface area contributed by atoms with E-state index in [1.54, 1.807) is 16.2 Å². The van der Waals surface area contributed by atoms with Gasteiger partial charge >= 0.3 is 0 Å². The number of hydrogen-bond donors (Lipinski definition) is 0. The van der Waals surface area contributed by atoms with E-state index in [4.69, 9.17) is 19.2 Å². The SMILES string of the molecule is Cc1ccc(C)c2sc(N(CCN3CCOCC3)C(=O)[C@H]3Oc4ccccc4O[C@H]3C)nc12. The van der Waals surface area contributed by atoms with Gasteiger partial charge in [0, 0.05) is 26.2 Å². The summed E-state index contributed by atoms with van der Waals surface area (Å²) in [4.78, 5) is 22.9. The van der Waals surface area contributed by atoms with Crippen LogP contribution >= 0.6 is 11.3 Å². The summed E-state index contributed by atoms with van der Waals surface area (Å²) >= 11 is 1.57. The van der Waals surface area contributed by atoms with E-state index in [1.165, 1.54) is 5.56 Å². The molecule has 8 heteroatoms. The lowest BCUT2D eigenvalue weighted by atomic mass is 10.1. The first kappa shape index (κ1) is 22.1. The quantitative estimate of drug-likeness (QED) is 0.569. The van der Waals surface area contributed by atoms with Crippen LogP contribution < -0.4 is 14.4 Å². The maximum absolute atomic E-state index is 13.9. The Labute approximate surface area is 197 Å². The normalized spacial score (nSPS) is 20.7. The number of benzene rings is 2. The van der Waals surface area contributed by atoms with Gasteiger partial charge in [-0.15, -0.1) is 0 Å². The van der Waals surface area contributed by atoms with E-state index in [0.717, 1.165) is 48.6 Å². The van der Waals surface area contributed by atoms with E-state index >= 15 is 0 Å². The summed E-state index contributed by atoms with van der Waals surface area (Å²) in [5, 5.41) is 0.704. The fourth-order valence-corrected chi connectivity index (χ4v) is 5.42. The van der Waals surface area contributed by atoms with Gasteiger partial charge in [-0.2, -0.15) is 0 Å². The zero-order valence-electron chi connectivity index (χ0n) is 19.2. The van der Waals surface area contributed by atoms with Crippen molar-refractivity contribution in [1.29, 1.82) is 0 Å². The van der Waals surface area contributed by atoms with Crippen LogP contribution in [0.5, 0.6) is 11.5 Å². The molecule has 0 aliphatic carbocycles. The van der Waals surface area contributed by atoms with E-state index in [9.17, 15) is 4.79 Å². The molecule has 3 aromatic rings. The average molecular weight is 468 g/mol. The van der Waals surface area contributed by atoms with Crippen LogP contribution in [-0.2, 0) is 9.53 Å². The zero-order chi connectivity index (χ0) is 22.9. The van der Waals surface area contributed by atoms with Gasteiger partial charge in [0.2, 0.25) is 6.10 Å². The summed E-state index contributed by atoms with van der Waals surface area (Å²) in [6.45, 7) is 10.5. The molecule has 2 aliphatic heterocycles. The first-order chi connectivity index (χ1) is 16.0. The number of ether oxygens (including phenoxy) is 3. The number of amides is 1. The number of hydrogen-bond acceptors (Lipinski definition) is 7. The van der Waals surface area contributed by atoms with Crippen LogP contribution in [-0.4, -0.2) is 67.4 Å². The van der Waals surface area contributed by atoms with Crippen molar-refractivity contribution in [2.75, 3.05) is 44.3 Å². The third-order valence-corrected chi connectivity index (χ3v) is 7.47. The van der Waals surface area contributed by atoms with E-state index in [2.05, 4.69) is 30.9 Å². The summed E-state index contributed by atoms with van der Waals surface area (Å²) in [5.41, 5.74) is 3.23. The fourth-order valence-electron chi connectivity index (χ4n) is 4.27. The summed E-state index contributed by atoms with van der Waals surface area (Å²) in [6, 6.07) is 11.7. The molecule has 2 aromatic carbocycles. The van der Waals surface area contributed by atoms with Gasteiger partial charge in [0.1, 0.15) is 6.10 Å². The van der Waals surface area contributed by atoms with Gasteiger partial charge in [-0.3, -0.25) is 14.6 Å². The molecular formula is C25H29N3O4S. The molecule has 0 radical (unpaired) electrons. The standard InChI is InChI=1S/C25H29N3O4S/c1-16-8-9-17(2)23-21(16)26-25(33-23)28(11-10-27-12-14-30-15-13-27)24(29)22-18(3)31-19-6-4-5-7-20(19)32-22/h4-9,18,22H,10-15H2,1-3H3/t18-,22-/m0/s1. The summed E-state index contributed by atoms with van der Waals surface area (Å²) in [6.07, 6.45) is -1.14. The van der Waals surface area contributed by atoms with Gasteiger partial charge in [0.05, 0.1) is 23.4 Å². The van der Waals surface area contributed by atoms with Crippen molar-refractivity contribution >= 4 is 32.6 Å². The van der Waals surface area contributed by atoms with Crippen LogP contribution in [0.2, 0.25) is 0 Å². The van der Waals surface area contributed by atoms with Crippen LogP contribution in [0.4, 0.5) is 5.13 Å². The summed E-state index contributed by atoms with van der Waals surface area (Å²) in [5.74, 6) is 1.14. The summed E-state index contributed by atoms with van der Waals surface area (Å²) < 4.78 is 18.8. The Morgan fingerprint density at radius 1 is 1.09 bits per heavy atom. The molecule has 174 valence electrons. The van der Waals surface area contributed by atoms with E-state index < -0.39 is 12.2 Å². The van der Waals surface area contributed by atoms with Gasteiger partial charge < -0.3 is 14.2 Å². The molecule has 0 unspecified atom stereocenters. The number of aromatic nitrogens is 1. The Morgan fingerprint density at radius 3 is 2.52 bits per heavy atom. The van der Waals surface area contributed by atoms with Gasteiger partial charge in [0.15, 0.2) is 16.6 Å². The number of aryl methyl sites for hydroxylation is 2. The maximum Gasteiger partial charge on any atom is 0.273 e. The number of rotatable bonds is 5. The Morgan fingerprint density at radius 2 is 1.79 bits per heavy atom. The van der Waals surface area contributed by atoms with Crippen LogP contribution in [0.25, 0.3) is 10.2 Å². The number of para-hydroxylation sites is 2. The molecule has 1 amide bonds. The highest BCUT2D eigenvalue weighted by molar-refractivity contribution is 7.22. The number of nitrogens with zero attached hydrogens (tertiary/aromatic N) is 3. The molecule has 5 rings (SSSR count). The average Bonchev–Trinajstić information content (AvgIpc) is 3.28. The Hall–Kier alpha value is -2.68. The van der Waals surface area contributed by atoms with Crippen LogP contribution in [0.3, 0.4) is 0 Å². The number of fused-ring (bicyclic) bond motifs is 2. The van der Waals surface area contributed by atoms with Crippen molar-refractivity contribution < 1.29 is 19.0 Å². The maximum atomic E-state index is 13.9. The predicted octanol–water partition coefficient (Wildman–Crippen LogP) is 3.81. The summed E-state index contributed by atoms with van der Waals surface area (Å²) in [7, 11) is 0. The van der Waals surface area contributed by atoms with Crippen LogP contribution in [0.15, 0.2) is 36.4 Å². The Kier molecular flexibility index (Phi) is 6.23. The number of carbonyl (C=O) groups is 1. The van der Waals surface area contributed by atoms with Gasteiger partial charge in [0.25, 0.3) is 5.91 Å². The second-order valence-electron chi connectivity index (χ2n) is 8.63. The number of anilines is 1. The first-order valence-electron chi connectivity index (χ1n) is 11.4. The number of morpholine rings is 1. The predicted molar refractivity (Wildman–Crippen MR) is 130 cm³/mol. The number of thiazole rings is 1. The molecule has 1 aromatic heterocycles. The Bertz CT molecular complexity index is 1120. The molecular weight excluding hydrogens is 438 g/mol. The van der Waals surface area contributed by atoms with Crippen molar-refractivity contribution in [3.63, 3.8) is 0 Å². The van der Waals surface area contributed by atoms with E-state index in [-0.39, 0.29) is 5.91 Å². The molecule has 1 saturated heterocycles. The smallest absolute Gasteiger partial charge is 0.273 e. The molecule has 3 heterocycles. The Balaban J connectivity index is 1.46.